The summed E-state index contributed by atoms with van der Waals surface area (Å²) in [5, 5.41) is 0. The predicted octanol–water partition coefficient (Wildman–Crippen LogP) is 2.30. The molecule has 0 aromatic carbocycles. The first-order valence-corrected chi connectivity index (χ1v) is 3.22. The summed E-state index contributed by atoms with van der Waals surface area (Å²) < 4.78 is 0. The molecule has 0 nitrogen and oxygen atoms in total. The van der Waals surface area contributed by atoms with Crippen LogP contribution in [0.1, 0.15) is 27.2 Å². The van der Waals surface area contributed by atoms with Gasteiger partial charge in [-0.25, -0.2) is 0 Å². The summed E-state index contributed by atoms with van der Waals surface area (Å²) in [6.07, 6.45) is 1.48. The third-order valence-corrected chi connectivity index (χ3v) is 2.03. The fraction of sp³-hybridized carbons (Fsp3) is 1.00. The molecule has 42 valence electrons. The molecule has 1 aliphatic carbocycles. The van der Waals surface area contributed by atoms with Crippen LogP contribution in [0, 0.1) is 17.8 Å². The van der Waals surface area contributed by atoms with Gasteiger partial charge in [0.25, 0.3) is 0 Å². The molecule has 0 aromatic rings. The van der Waals surface area contributed by atoms with Gasteiger partial charge < -0.3 is 0 Å². The van der Waals surface area contributed by atoms with Gasteiger partial charge in [0.1, 0.15) is 0 Å². The topological polar surface area (TPSA) is 0 Å². The molecule has 0 amide bonds. The van der Waals surface area contributed by atoms with Gasteiger partial charge in [-0.1, -0.05) is 20.8 Å². The average Bonchev–Trinajstić information content (AvgIpc) is 2.17. The van der Waals surface area contributed by atoms with E-state index in [1.54, 1.807) is 0 Å². The minimum atomic E-state index is 0.940. The molecule has 0 saturated heterocycles. The normalized spacial score (nSPS) is 39.4. The second-order valence-corrected chi connectivity index (χ2v) is 3.12. The highest BCUT2D eigenvalue weighted by molar-refractivity contribution is 4.84. The Kier molecular flexibility index (Phi) is 1.10. The van der Waals surface area contributed by atoms with E-state index in [0.717, 1.165) is 17.8 Å². The van der Waals surface area contributed by atoms with Crippen molar-refractivity contribution < 1.29 is 0 Å². The molecule has 0 aromatic heterocycles. The summed E-state index contributed by atoms with van der Waals surface area (Å²) in [5.41, 5.74) is 0. The fourth-order valence-electron chi connectivity index (χ4n) is 1.28. The van der Waals surface area contributed by atoms with Crippen LogP contribution in [0.5, 0.6) is 0 Å². The zero-order chi connectivity index (χ0) is 5.44. The van der Waals surface area contributed by atoms with Crippen LogP contribution in [-0.4, -0.2) is 0 Å². The lowest BCUT2D eigenvalue weighted by Crippen LogP contribution is -1.89. The summed E-state index contributed by atoms with van der Waals surface area (Å²) in [5.74, 6) is 3.05. The van der Waals surface area contributed by atoms with Crippen LogP contribution in [-0.2, 0) is 0 Å². The molecule has 1 aliphatic rings. The van der Waals surface area contributed by atoms with E-state index in [9.17, 15) is 0 Å². The standard InChI is InChI=1S/C7H14/c1-5(2)7-4-6(7)3/h5-7H,4H2,1-3H3/t6?,7-/m1/s1. The average molecular weight is 98.2 g/mol. The Bertz CT molecular complexity index is 64.4. The highest BCUT2D eigenvalue weighted by Gasteiger charge is 2.34. The van der Waals surface area contributed by atoms with E-state index in [4.69, 9.17) is 0 Å². The zero-order valence-corrected chi connectivity index (χ0v) is 5.44. The summed E-state index contributed by atoms with van der Waals surface area (Å²) in [4.78, 5) is 0. The molecule has 0 heteroatoms. The summed E-state index contributed by atoms with van der Waals surface area (Å²) in [7, 11) is 0. The van der Waals surface area contributed by atoms with E-state index in [1.807, 2.05) is 0 Å². The maximum Gasteiger partial charge on any atom is -0.0363 e. The van der Waals surface area contributed by atoms with Crippen LogP contribution in [0.25, 0.3) is 0 Å². The highest BCUT2D eigenvalue weighted by atomic mass is 14.4. The number of rotatable bonds is 1. The van der Waals surface area contributed by atoms with E-state index in [-0.39, 0.29) is 0 Å². The van der Waals surface area contributed by atoms with Crippen LogP contribution in [0.3, 0.4) is 0 Å². The van der Waals surface area contributed by atoms with Crippen LogP contribution < -0.4 is 0 Å². The Morgan fingerprint density at radius 2 is 1.86 bits per heavy atom. The van der Waals surface area contributed by atoms with Crippen molar-refractivity contribution in [2.75, 3.05) is 0 Å². The fourth-order valence-corrected chi connectivity index (χ4v) is 1.28. The van der Waals surface area contributed by atoms with Gasteiger partial charge in [0.2, 0.25) is 0 Å². The molecular weight excluding hydrogens is 84.1 g/mol. The Balaban J connectivity index is 2.20. The summed E-state index contributed by atoms with van der Waals surface area (Å²) in [6, 6.07) is 0. The number of hydrogen-bond acceptors (Lipinski definition) is 0. The van der Waals surface area contributed by atoms with Crippen molar-refractivity contribution in [3.8, 4) is 0 Å². The molecule has 0 N–H and O–H groups in total. The smallest absolute Gasteiger partial charge is 0.0363 e. The van der Waals surface area contributed by atoms with Crippen molar-refractivity contribution in [2.45, 2.75) is 27.2 Å². The maximum atomic E-state index is 2.34. The van der Waals surface area contributed by atoms with Gasteiger partial charge in [0.05, 0.1) is 0 Å². The lowest BCUT2D eigenvalue weighted by atomic mass is 10.1. The third-order valence-electron chi connectivity index (χ3n) is 2.03. The van der Waals surface area contributed by atoms with E-state index >= 15 is 0 Å². The highest BCUT2D eigenvalue weighted by Crippen LogP contribution is 2.43. The predicted molar refractivity (Wildman–Crippen MR) is 32.1 cm³/mol. The van der Waals surface area contributed by atoms with Crippen LogP contribution in [0.4, 0.5) is 0 Å². The van der Waals surface area contributed by atoms with Gasteiger partial charge >= 0.3 is 0 Å². The number of hydrogen-bond donors (Lipinski definition) is 0. The first-order valence-electron chi connectivity index (χ1n) is 3.22. The van der Waals surface area contributed by atoms with Crippen molar-refractivity contribution in [2.24, 2.45) is 17.8 Å². The lowest BCUT2D eigenvalue weighted by Gasteiger charge is -1.97. The van der Waals surface area contributed by atoms with Gasteiger partial charge in [-0.3, -0.25) is 0 Å². The van der Waals surface area contributed by atoms with Gasteiger partial charge in [-0.2, -0.15) is 0 Å². The minimum Gasteiger partial charge on any atom is -0.0625 e. The molecule has 1 saturated carbocycles. The first-order chi connectivity index (χ1) is 3.22. The molecule has 2 atom stereocenters. The van der Waals surface area contributed by atoms with Crippen LogP contribution in [0.15, 0.2) is 0 Å². The monoisotopic (exact) mass is 98.1 g/mol. The molecule has 0 radical (unpaired) electrons. The Morgan fingerprint density at radius 3 is 1.86 bits per heavy atom. The van der Waals surface area contributed by atoms with Crippen molar-refractivity contribution in [3.05, 3.63) is 0 Å². The van der Waals surface area contributed by atoms with Gasteiger partial charge in [0.15, 0.2) is 0 Å². The largest absolute Gasteiger partial charge is 0.0625 e. The van der Waals surface area contributed by atoms with Crippen LogP contribution >= 0.6 is 0 Å². The van der Waals surface area contributed by atoms with E-state index < -0.39 is 0 Å². The van der Waals surface area contributed by atoms with Crippen LogP contribution in [0.2, 0.25) is 0 Å². The molecule has 0 bridgehead atoms. The van der Waals surface area contributed by atoms with Gasteiger partial charge in [-0.05, 0) is 24.2 Å². The molecule has 7 heavy (non-hydrogen) atoms. The first kappa shape index (κ1) is 5.14. The van der Waals surface area contributed by atoms with Gasteiger partial charge in [0, 0.05) is 0 Å². The molecular formula is C7H14. The Morgan fingerprint density at radius 1 is 1.43 bits per heavy atom. The Hall–Kier alpha value is 0. The summed E-state index contributed by atoms with van der Waals surface area (Å²) >= 11 is 0. The quantitative estimate of drug-likeness (QED) is 0.472. The summed E-state index contributed by atoms with van der Waals surface area (Å²) in [6.45, 7) is 6.97. The van der Waals surface area contributed by atoms with Crippen molar-refractivity contribution in [1.29, 1.82) is 0 Å². The van der Waals surface area contributed by atoms with Crippen molar-refractivity contribution >= 4 is 0 Å². The van der Waals surface area contributed by atoms with Gasteiger partial charge in [-0.15, -0.1) is 0 Å². The maximum absolute atomic E-state index is 2.34. The molecule has 1 fully saturated rings. The zero-order valence-electron chi connectivity index (χ0n) is 5.44. The van der Waals surface area contributed by atoms with E-state index in [0.29, 0.717) is 0 Å². The minimum absolute atomic E-state index is 0.940. The SMILES string of the molecule is CC(C)[C@H]1CC1C. The molecule has 0 heterocycles. The molecule has 1 rings (SSSR count). The second kappa shape index (κ2) is 1.50. The lowest BCUT2D eigenvalue weighted by molar-refractivity contribution is 0.530. The second-order valence-electron chi connectivity index (χ2n) is 3.12. The molecule has 1 unspecified atom stereocenters. The van der Waals surface area contributed by atoms with E-state index in [2.05, 4.69) is 20.8 Å². The third kappa shape index (κ3) is 0.960. The van der Waals surface area contributed by atoms with Crippen molar-refractivity contribution in [3.63, 3.8) is 0 Å². The Labute approximate surface area is 45.9 Å². The van der Waals surface area contributed by atoms with E-state index in [1.165, 1.54) is 6.42 Å². The van der Waals surface area contributed by atoms with Crippen molar-refractivity contribution in [1.82, 2.24) is 0 Å². The molecule has 0 aliphatic heterocycles. The molecule has 0 spiro atoms.